The van der Waals surface area contributed by atoms with Crippen molar-refractivity contribution in [1.82, 2.24) is 9.80 Å². The molecule has 0 radical (unpaired) electrons. The number of piperidine rings is 1. The number of fused-ring (bicyclic) bond motifs is 1. The molecule has 0 aromatic heterocycles. The summed E-state index contributed by atoms with van der Waals surface area (Å²) in [5.74, 6) is 0.474. The summed E-state index contributed by atoms with van der Waals surface area (Å²) < 4.78 is 10.1. The number of ketones is 1. The fourth-order valence-corrected chi connectivity index (χ4v) is 3.99. The lowest BCUT2D eigenvalue weighted by molar-refractivity contribution is -0.133. The van der Waals surface area contributed by atoms with Crippen molar-refractivity contribution in [3.05, 3.63) is 42.0 Å². The number of carbonyl (C=O) groups excluding carboxylic acids is 3. The third kappa shape index (κ3) is 4.04. The van der Waals surface area contributed by atoms with Gasteiger partial charge in [0.25, 0.3) is 0 Å². The molecule has 152 valence electrons. The van der Waals surface area contributed by atoms with E-state index in [0.29, 0.717) is 31.8 Å². The van der Waals surface area contributed by atoms with Crippen LogP contribution in [0.1, 0.15) is 23.2 Å². The lowest BCUT2D eigenvalue weighted by Gasteiger charge is -2.33. The lowest BCUT2D eigenvalue weighted by Crippen LogP contribution is -2.46. The van der Waals surface area contributed by atoms with Crippen LogP contribution in [0.5, 0.6) is 5.75 Å². The number of likely N-dealkylation sites (tertiary alicyclic amines) is 1. The van der Waals surface area contributed by atoms with E-state index >= 15 is 0 Å². The van der Waals surface area contributed by atoms with E-state index in [-0.39, 0.29) is 24.2 Å². The van der Waals surface area contributed by atoms with Gasteiger partial charge >= 0.3 is 6.09 Å². The molecule has 2 amide bonds. The highest BCUT2D eigenvalue weighted by Gasteiger charge is 2.31. The Kier molecular flexibility index (Phi) is 5.38. The molecule has 0 aliphatic carbocycles. The number of hydrogen-bond donors (Lipinski definition) is 0. The van der Waals surface area contributed by atoms with Crippen LogP contribution in [0.3, 0.4) is 0 Å². The van der Waals surface area contributed by atoms with E-state index in [1.165, 1.54) is 4.90 Å². The van der Waals surface area contributed by atoms with Gasteiger partial charge in [0.1, 0.15) is 18.9 Å². The molecule has 2 aromatic rings. The van der Waals surface area contributed by atoms with Gasteiger partial charge in [0.05, 0.1) is 13.7 Å². The molecule has 0 saturated carbocycles. The highest BCUT2D eigenvalue weighted by molar-refractivity contribution is 6.01. The van der Waals surface area contributed by atoms with Gasteiger partial charge in [-0.3, -0.25) is 14.5 Å². The molecule has 2 aliphatic heterocycles. The van der Waals surface area contributed by atoms with Crippen molar-refractivity contribution in [3.8, 4) is 5.75 Å². The van der Waals surface area contributed by atoms with Crippen LogP contribution in [0.2, 0.25) is 0 Å². The van der Waals surface area contributed by atoms with Crippen molar-refractivity contribution in [2.24, 2.45) is 5.92 Å². The third-order valence-corrected chi connectivity index (χ3v) is 5.65. The molecule has 0 unspecified atom stereocenters. The molecule has 1 atom stereocenters. The monoisotopic (exact) mass is 396 g/mol. The highest BCUT2D eigenvalue weighted by Crippen LogP contribution is 2.26. The topological polar surface area (TPSA) is 76.2 Å². The summed E-state index contributed by atoms with van der Waals surface area (Å²) in [6, 6.07) is 11.4. The number of rotatable bonds is 5. The minimum Gasteiger partial charge on any atom is -0.497 e. The Morgan fingerprint density at radius 2 is 1.93 bits per heavy atom. The number of ether oxygens (including phenoxy) is 2. The van der Waals surface area contributed by atoms with Gasteiger partial charge < -0.3 is 14.4 Å². The Morgan fingerprint density at radius 3 is 2.69 bits per heavy atom. The van der Waals surface area contributed by atoms with E-state index in [0.717, 1.165) is 29.4 Å². The quantitative estimate of drug-likeness (QED) is 0.727. The SMILES string of the molecule is COc1ccc2cc(C(=O)[C@@H]3CCCN(C(=O)CN4CCOC4=O)C3)ccc2c1. The Labute approximate surface area is 169 Å². The average Bonchev–Trinajstić information content (AvgIpc) is 3.16. The molecule has 29 heavy (non-hydrogen) atoms. The maximum Gasteiger partial charge on any atom is 0.410 e. The van der Waals surface area contributed by atoms with Gasteiger partial charge in [-0.2, -0.15) is 0 Å². The Bertz CT molecular complexity index is 957. The number of amides is 2. The van der Waals surface area contributed by atoms with Gasteiger partial charge in [0.2, 0.25) is 5.91 Å². The van der Waals surface area contributed by atoms with Gasteiger partial charge in [-0.1, -0.05) is 18.2 Å². The van der Waals surface area contributed by atoms with Crippen LogP contribution < -0.4 is 4.74 Å². The number of Topliss-reactive ketones (excluding diaryl/α,β-unsaturated/α-hetero) is 1. The van der Waals surface area contributed by atoms with Crippen LogP contribution >= 0.6 is 0 Å². The fraction of sp³-hybridized carbons (Fsp3) is 0.409. The van der Waals surface area contributed by atoms with E-state index < -0.39 is 6.09 Å². The zero-order valence-electron chi connectivity index (χ0n) is 16.4. The molecule has 2 saturated heterocycles. The summed E-state index contributed by atoms with van der Waals surface area (Å²) in [7, 11) is 1.63. The maximum absolute atomic E-state index is 13.1. The first-order chi connectivity index (χ1) is 14.0. The van der Waals surface area contributed by atoms with Crippen molar-refractivity contribution in [3.63, 3.8) is 0 Å². The zero-order valence-corrected chi connectivity index (χ0v) is 16.4. The van der Waals surface area contributed by atoms with E-state index in [9.17, 15) is 14.4 Å². The van der Waals surface area contributed by atoms with Gasteiger partial charge in [-0.25, -0.2) is 4.79 Å². The summed E-state index contributed by atoms with van der Waals surface area (Å²) in [5, 5.41) is 1.99. The number of nitrogens with zero attached hydrogens (tertiary/aromatic N) is 2. The predicted molar refractivity (Wildman–Crippen MR) is 107 cm³/mol. The highest BCUT2D eigenvalue weighted by atomic mass is 16.6. The first kappa shape index (κ1) is 19.2. The molecule has 0 bridgehead atoms. The molecule has 0 N–H and O–H groups in total. The standard InChI is InChI=1S/C22H24N2O5/c1-28-19-7-6-15-11-17(5-4-16(15)12-19)21(26)18-3-2-8-23(13-18)20(25)14-24-9-10-29-22(24)27/h4-7,11-12,18H,2-3,8-10,13-14H2,1H3/t18-/m1/s1. The van der Waals surface area contributed by atoms with Crippen molar-refractivity contribution in [1.29, 1.82) is 0 Å². The van der Waals surface area contributed by atoms with E-state index in [2.05, 4.69) is 0 Å². The number of cyclic esters (lactones) is 1. The number of carbonyl (C=O) groups is 3. The minimum absolute atomic E-state index is 0.0115. The molecule has 7 nitrogen and oxygen atoms in total. The van der Waals surface area contributed by atoms with E-state index in [1.807, 2.05) is 36.4 Å². The molecular weight excluding hydrogens is 372 g/mol. The average molecular weight is 396 g/mol. The number of methoxy groups -OCH3 is 1. The van der Waals surface area contributed by atoms with Gasteiger partial charge in [-0.05, 0) is 41.8 Å². The second-order valence-corrected chi connectivity index (χ2v) is 7.51. The molecule has 0 spiro atoms. The first-order valence-corrected chi connectivity index (χ1v) is 9.86. The van der Waals surface area contributed by atoms with Crippen molar-refractivity contribution >= 4 is 28.6 Å². The normalized spacial score (nSPS) is 19.3. The summed E-state index contributed by atoms with van der Waals surface area (Å²) in [5.41, 5.74) is 0.657. The van der Waals surface area contributed by atoms with Crippen LogP contribution in [-0.2, 0) is 9.53 Å². The molecule has 4 rings (SSSR count). The van der Waals surface area contributed by atoms with Crippen LogP contribution in [0.15, 0.2) is 36.4 Å². The maximum atomic E-state index is 13.1. The summed E-state index contributed by atoms with van der Waals surface area (Å²) in [6.45, 7) is 1.77. The predicted octanol–water partition coefficient (Wildman–Crippen LogP) is 2.72. The van der Waals surface area contributed by atoms with Gasteiger partial charge in [0.15, 0.2) is 5.78 Å². The largest absolute Gasteiger partial charge is 0.497 e. The van der Waals surface area contributed by atoms with E-state index in [4.69, 9.17) is 9.47 Å². The smallest absolute Gasteiger partial charge is 0.410 e. The lowest BCUT2D eigenvalue weighted by atomic mass is 9.89. The molecule has 2 aliphatic rings. The van der Waals surface area contributed by atoms with Crippen LogP contribution in [0.4, 0.5) is 4.79 Å². The summed E-state index contributed by atoms with van der Waals surface area (Å²) in [6.07, 6.45) is 1.09. The van der Waals surface area contributed by atoms with Gasteiger partial charge in [-0.15, -0.1) is 0 Å². The molecule has 2 aromatic carbocycles. The second kappa shape index (κ2) is 8.11. The third-order valence-electron chi connectivity index (χ3n) is 5.65. The van der Waals surface area contributed by atoms with E-state index in [1.54, 1.807) is 12.0 Å². The summed E-state index contributed by atoms with van der Waals surface area (Å²) in [4.78, 5) is 40.4. The van der Waals surface area contributed by atoms with Crippen LogP contribution in [0, 0.1) is 5.92 Å². The Balaban J connectivity index is 1.44. The van der Waals surface area contributed by atoms with Crippen molar-refractivity contribution in [2.45, 2.75) is 12.8 Å². The molecule has 7 heteroatoms. The van der Waals surface area contributed by atoms with Crippen LogP contribution in [-0.4, -0.2) is 67.5 Å². The van der Waals surface area contributed by atoms with Gasteiger partial charge in [0, 0.05) is 24.6 Å². The Morgan fingerprint density at radius 1 is 1.14 bits per heavy atom. The van der Waals surface area contributed by atoms with Crippen molar-refractivity contribution < 1.29 is 23.9 Å². The molecule has 2 heterocycles. The van der Waals surface area contributed by atoms with Crippen molar-refractivity contribution in [2.75, 3.05) is 39.9 Å². The fourth-order valence-electron chi connectivity index (χ4n) is 3.99. The summed E-state index contributed by atoms with van der Waals surface area (Å²) >= 11 is 0. The second-order valence-electron chi connectivity index (χ2n) is 7.51. The number of benzene rings is 2. The van der Waals surface area contributed by atoms with Crippen LogP contribution in [0.25, 0.3) is 10.8 Å². The first-order valence-electron chi connectivity index (χ1n) is 9.86. The zero-order chi connectivity index (χ0) is 20.4. The molecule has 2 fully saturated rings. The minimum atomic E-state index is -0.448. The number of hydrogen-bond acceptors (Lipinski definition) is 5. The molecular formula is C22H24N2O5. The Hall–Kier alpha value is -3.09.